The number of halogens is 1. The summed E-state index contributed by atoms with van der Waals surface area (Å²) in [4.78, 5) is 8.32. The first-order chi connectivity index (χ1) is 9.24. The van der Waals surface area contributed by atoms with E-state index in [1.807, 2.05) is 24.3 Å². The van der Waals surface area contributed by atoms with E-state index in [2.05, 4.69) is 31.1 Å². The molecule has 0 aliphatic heterocycles. The second-order valence-electron chi connectivity index (χ2n) is 3.87. The SMILES string of the molecule is Nc1ncccc1-c1nc(-c2ccc(Br)cc2)no1. The summed E-state index contributed by atoms with van der Waals surface area (Å²) in [7, 11) is 0. The molecule has 1 aromatic carbocycles. The predicted molar refractivity (Wildman–Crippen MR) is 75.1 cm³/mol. The van der Waals surface area contributed by atoms with Crippen molar-refractivity contribution in [2.24, 2.45) is 0 Å². The van der Waals surface area contributed by atoms with Gasteiger partial charge >= 0.3 is 0 Å². The molecule has 0 amide bonds. The molecule has 3 aromatic rings. The van der Waals surface area contributed by atoms with Gasteiger partial charge < -0.3 is 10.3 Å². The van der Waals surface area contributed by atoms with Crippen LogP contribution in [-0.4, -0.2) is 15.1 Å². The Hall–Kier alpha value is -2.21. The van der Waals surface area contributed by atoms with Gasteiger partial charge in [0.25, 0.3) is 5.89 Å². The maximum Gasteiger partial charge on any atom is 0.261 e. The van der Waals surface area contributed by atoms with Crippen molar-refractivity contribution in [3.05, 3.63) is 47.1 Å². The van der Waals surface area contributed by atoms with E-state index in [9.17, 15) is 0 Å². The molecule has 0 fully saturated rings. The molecule has 0 saturated heterocycles. The largest absolute Gasteiger partial charge is 0.383 e. The van der Waals surface area contributed by atoms with Gasteiger partial charge in [-0.25, -0.2) is 4.98 Å². The summed E-state index contributed by atoms with van der Waals surface area (Å²) >= 11 is 3.38. The Morgan fingerprint density at radius 1 is 1.11 bits per heavy atom. The Morgan fingerprint density at radius 2 is 1.89 bits per heavy atom. The van der Waals surface area contributed by atoms with Crippen molar-refractivity contribution >= 4 is 21.7 Å². The van der Waals surface area contributed by atoms with Gasteiger partial charge in [-0.05, 0) is 36.4 Å². The summed E-state index contributed by atoms with van der Waals surface area (Å²) in [5, 5.41) is 3.95. The van der Waals surface area contributed by atoms with Gasteiger partial charge in [-0.2, -0.15) is 4.98 Å². The first-order valence-corrected chi connectivity index (χ1v) is 6.34. The van der Waals surface area contributed by atoms with Gasteiger partial charge in [0.2, 0.25) is 5.82 Å². The van der Waals surface area contributed by atoms with Crippen molar-refractivity contribution in [2.75, 3.05) is 5.73 Å². The van der Waals surface area contributed by atoms with Crippen LogP contribution in [0.2, 0.25) is 0 Å². The molecule has 0 unspecified atom stereocenters. The zero-order chi connectivity index (χ0) is 13.2. The number of nitrogen functional groups attached to an aromatic ring is 1. The standard InChI is InChI=1S/C13H9BrN4O/c14-9-5-3-8(4-6-9)12-17-13(19-18-12)10-2-1-7-16-11(10)15/h1-7H,(H2,15,16). The first kappa shape index (κ1) is 11.9. The number of pyridine rings is 1. The van der Waals surface area contributed by atoms with E-state index >= 15 is 0 Å². The fourth-order valence-corrected chi connectivity index (χ4v) is 1.91. The summed E-state index contributed by atoms with van der Waals surface area (Å²) in [5.74, 6) is 1.25. The van der Waals surface area contributed by atoms with Gasteiger partial charge in [0.05, 0.1) is 5.56 Å². The average Bonchev–Trinajstić information content (AvgIpc) is 2.89. The van der Waals surface area contributed by atoms with Crippen molar-refractivity contribution in [1.29, 1.82) is 0 Å². The van der Waals surface area contributed by atoms with Crippen molar-refractivity contribution in [2.45, 2.75) is 0 Å². The molecule has 0 bridgehead atoms. The molecule has 0 aliphatic rings. The molecule has 0 saturated carbocycles. The highest BCUT2D eigenvalue weighted by atomic mass is 79.9. The molecule has 94 valence electrons. The lowest BCUT2D eigenvalue weighted by Gasteiger charge is -1.97. The third kappa shape index (κ3) is 2.34. The van der Waals surface area contributed by atoms with Crippen LogP contribution in [0.4, 0.5) is 5.82 Å². The summed E-state index contributed by atoms with van der Waals surface area (Å²) in [6, 6.07) is 11.2. The van der Waals surface area contributed by atoms with Crippen molar-refractivity contribution in [3.63, 3.8) is 0 Å². The predicted octanol–water partition coefficient (Wildman–Crippen LogP) is 3.14. The number of benzene rings is 1. The van der Waals surface area contributed by atoms with E-state index in [0.717, 1.165) is 10.0 Å². The van der Waals surface area contributed by atoms with E-state index < -0.39 is 0 Å². The van der Waals surface area contributed by atoms with Gasteiger partial charge in [0.1, 0.15) is 5.82 Å². The molecule has 0 aliphatic carbocycles. The van der Waals surface area contributed by atoms with Crippen LogP contribution in [0, 0.1) is 0 Å². The van der Waals surface area contributed by atoms with Crippen LogP contribution < -0.4 is 5.73 Å². The molecule has 2 aromatic heterocycles. The lowest BCUT2D eigenvalue weighted by Crippen LogP contribution is -1.92. The van der Waals surface area contributed by atoms with Crippen LogP contribution in [0.5, 0.6) is 0 Å². The van der Waals surface area contributed by atoms with E-state index in [1.54, 1.807) is 18.3 Å². The highest BCUT2D eigenvalue weighted by molar-refractivity contribution is 9.10. The van der Waals surface area contributed by atoms with Crippen LogP contribution in [-0.2, 0) is 0 Å². The lowest BCUT2D eigenvalue weighted by atomic mass is 10.2. The first-order valence-electron chi connectivity index (χ1n) is 5.54. The van der Waals surface area contributed by atoms with Gasteiger partial charge in [0.15, 0.2) is 0 Å². The maximum atomic E-state index is 5.78. The molecule has 0 atom stereocenters. The second-order valence-corrected chi connectivity index (χ2v) is 4.78. The summed E-state index contributed by atoms with van der Waals surface area (Å²) in [6.07, 6.45) is 1.62. The Morgan fingerprint density at radius 3 is 2.63 bits per heavy atom. The number of aromatic nitrogens is 3. The summed E-state index contributed by atoms with van der Waals surface area (Å²) in [6.45, 7) is 0. The fraction of sp³-hybridized carbons (Fsp3) is 0. The minimum atomic E-state index is 0.364. The molecule has 2 heterocycles. The molecule has 19 heavy (non-hydrogen) atoms. The quantitative estimate of drug-likeness (QED) is 0.785. The Bertz CT molecular complexity index is 709. The van der Waals surface area contributed by atoms with E-state index in [-0.39, 0.29) is 0 Å². The normalized spacial score (nSPS) is 10.6. The number of nitrogens with two attached hydrogens (primary N) is 1. The van der Waals surface area contributed by atoms with Crippen LogP contribution in [0.3, 0.4) is 0 Å². The average molecular weight is 317 g/mol. The van der Waals surface area contributed by atoms with E-state index in [0.29, 0.717) is 23.1 Å². The minimum Gasteiger partial charge on any atom is -0.383 e. The van der Waals surface area contributed by atoms with E-state index in [4.69, 9.17) is 10.3 Å². The van der Waals surface area contributed by atoms with Gasteiger partial charge in [0, 0.05) is 16.2 Å². The molecule has 3 rings (SSSR count). The topological polar surface area (TPSA) is 77.8 Å². The highest BCUT2D eigenvalue weighted by Crippen LogP contribution is 2.25. The monoisotopic (exact) mass is 316 g/mol. The number of hydrogen-bond acceptors (Lipinski definition) is 5. The number of rotatable bonds is 2. The van der Waals surface area contributed by atoms with Crippen molar-refractivity contribution < 1.29 is 4.52 Å². The molecule has 6 heteroatoms. The van der Waals surface area contributed by atoms with Crippen LogP contribution in [0.15, 0.2) is 51.6 Å². The lowest BCUT2D eigenvalue weighted by molar-refractivity contribution is 0.432. The molecular weight excluding hydrogens is 308 g/mol. The summed E-state index contributed by atoms with van der Waals surface area (Å²) < 4.78 is 6.22. The number of anilines is 1. The zero-order valence-electron chi connectivity index (χ0n) is 9.75. The van der Waals surface area contributed by atoms with Crippen molar-refractivity contribution in [1.82, 2.24) is 15.1 Å². The number of nitrogens with zero attached hydrogens (tertiary/aromatic N) is 3. The maximum absolute atomic E-state index is 5.78. The van der Waals surface area contributed by atoms with Gasteiger partial charge in [-0.1, -0.05) is 21.1 Å². The molecule has 2 N–H and O–H groups in total. The van der Waals surface area contributed by atoms with Crippen LogP contribution in [0.25, 0.3) is 22.8 Å². The molecule has 5 nitrogen and oxygen atoms in total. The Kier molecular flexibility index (Phi) is 3.00. The molecule has 0 spiro atoms. The van der Waals surface area contributed by atoms with Crippen molar-refractivity contribution in [3.8, 4) is 22.8 Å². The summed E-state index contributed by atoms with van der Waals surface area (Å²) in [5.41, 5.74) is 7.29. The third-order valence-corrected chi connectivity index (χ3v) is 3.13. The Balaban J connectivity index is 2.00. The van der Waals surface area contributed by atoms with E-state index in [1.165, 1.54) is 0 Å². The van der Waals surface area contributed by atoms with Crippen LogP contribution >= 0.6 is 15.9 Å². The fourth-order valence-electron chi connectivity index (χ4n) is 1.65. The smallest absolute Gasteiger partial charge is 0.261 e. The number of hydrogen-bond donors (Lipinski definition) is 1. The third-order valence-electron chi connectivity index (χ3n) is 2.60. The van der Waals surface area contributed by atoms with Gasteiger partial charge in [-0.15, -0.1) is 0 Å². The van der Waals surface area contributed by atoms with Gasteiger partial charge in [-0.3, -0.25) is 0 Å². The molecule has 0 radical (unpaired) electrons. The second kappa shape index (κ2) is 4.81. The minimum absolute atomic E-state index is 0.364. The Labute approximate surface area is 117 Å². The zero-order valence-corrected chi connectivity index (χ0v) is 11.3. The highest BCUT2D eigenvalue weighted by Gasteiger charge is 2.13. The molecular formula is C13H9BrN4O. The van der Waals surface area contributed by atoms with Crippen LogP contribution in [0.1, 0.15) is 0 Å².